The van der Waals surface area contributed by atoms with Gasteiger partial charge in [0.15, 0.2) is 0 Å². The lowest BCUT2D eigenvalue weighted by molar-refractivity contribution is -0.213. The van der Waals surface area contributed by atoms with Crippen molar-refractivity contribution in [3.05, 3.63) is 71.0 Å². The number of piperidine rings is 1. The molecule has 4 rings (SSSR count). The van der Waals surface area contributed by atoms with Gasteiger partial charge in [-0.15, -0.1) is 0 Å². The highest BCUT2D eigenvalue weighted by Gasteiger charge is 2.47. The van der Waals surface area contributed by atoms with Crippen LogP contribution in [0, 0.1) is 12.7 Å². The lowest BCUT2D eigenvalue weighted by atomic mass is 9.88. The summed E-state index contributed by atoms with van der Waals surface area (Å²) in [6.07, 6.45) is 1.56. The molecule has 0 radical (unpaired) electrons. The van der Waals surface area contributed by atoms with Crippen molar-refractivity contribution < 1.29 is 18.8 Å². The molecule has 0 saturated carbocycles. The molecular formula is C22H23FN2O3. The number of hydrogen-bond donors (Lipinski definition) is 0. The molecule has 2 amide bonds. The predicted octanol–water partition coefficient (Wildman–Crippen LogP) is 3.47. The molecule has 2 heterocycles. The molecule has 28 heavy (non-hydrogen) atoms. The monoisotopic (exact) mass is 382 g/mol. The Bertz CT molecular complexity index is 892. The second-order valence-corrected chi connectivity index (χ2v) is 7.62. The molecule has 2 aromatic rings. The Morgan fingerprint density at radius 3 is 2.54 bits per heavy atom. The van der Waals surface area contributed by atoms with Gasteiger partial charge in [0, 0.05) is 18.7 Å². The summed E-state index contributed by atoms with van der Waals surface area (Å²) in [7, 11) is 0. The first-order valence-corrected chi connectivity index (χ1v) is 9.55. The zero-order valence-electron chi connectivity index (χ0n) is 15.9. The van der Waals surface area contributed by atoms with Crippen LogP contribution in [0.2, 0.25) is 0 Å². The van der Waals surface area contributed by atoms with Crippen molar-refractivity contribution in [1.82, 2.24) is 9.96 Å². The van der Waals surface area contributed by atoms with E-state index in [0.717, 1.165) is 5.56 Å². The average molecular weight is 382 g/mol. The van der Waals surface area contributed by atoms with Crippen LogP contribution in [0.15, 0.2) is 48.5 Å². The van der Waals surface area contributed by atoms with Gasteiger partial charge in [0.2, 0.25) is 5.91 Å². The first-order chi connectivity index (χ1) is 13.5. The van der Waals surface area contributed by atoms with Gasteiger partial charge in [0.05, 0.1) is 13.0 Å². The fraction of sp³-hybridized carbons (Fsp3) is 0.364. The van der Waals surface area contributed by atoms with E-state index in [9.17, 15) is 14.0 Å². The van der Waals surface area contributed by atoms with E-state index in [2.05, 4.69) is 0 Å². The highest BCUT2D eigenvalue weighted by Crippen LogP contribution is 2.37. The lowest BCUT2D eigenvalue weighted by Crippen LogP contribution is -2.47. The smallest absolute Gasteiger partial charge is 0.254 e. The molecule has 0 aromatic heterocycles. The fourth-order valence-corrected chi connectivity index (χ4v) is 3.97. The zero-order valence-corrected chi connectivity index (χ0v) is 15.9. The minimum atomic E-state index is -0.527. The summed E-state index contributed by atoms with van der Waals surface area (Å²) in [5.41, 5.74) is 1.64. The Kier molecular flexibility index (Phi) is 4.89. The number of nitrogens with zero attached hydrogens (tertiary/aromatic N) is 2. The van der Waals surface area contributed by atoms with E-state index in [1.165, 1.54) is 23.3 Å². The van der Waals surface area contributed by atoms with Crippen molar-refractivity contribution in [2.75, 3.05) is 13.1 Å². The van der Waals surface area contributed by atoms with E-state index in [1.807, 2.05) is 30.3 Å². The van der Waals surface area contributed by atoms with Crippen molar-refractivity contribution in [2.45, 2.75) is 38.3 Å². The van der Waals surface area contributed by atoms with Crippen LogP contribution in [0.5, 0.6) is 0 Å². The molecule has 146 valence electrons. The van der Waals surface area contributed by atoms with Gasteiger partial charge in [0.1, 0.15) is 11.4 Å². The highest BCUT2D eigenvalue weighted by molar-refractivity contribution is 5.95. The van der Waals surface area contributed by atoms with Gasteiger partial charge < -0.3 is 4.90 Å². The van der Waals surface area contributed by atoms with E-state index >= 15 is 0 Å². The topological polar surface area (TPSA) is 49.9 Å². The summed E-state index contributed by atoms with van der Waals surface area (Å²) in [6.45, 7) is 3.20. The molecule has 0 unspecified atom stereocenters. The summed E-state index contributed by atoms with van der Waals surface area (Å²) < 4.78 is 13.3. The SMILES string of the molecule is Cc1cc(F)ccc1C(=O)N1CCC2(CC1)CC(=O)N(Cc1ccccc1)O2. The zero-order chi connectivity index (χ0) is 19.7. The Hall–Kier alpha value is -2.73. The Morgan fingerprint density at radius 1 is 1.14 bits per heavy atom. The number of hydroxylamine groups is 2. The van der Waals surface area contributed by atoms with Crippen molar-refractivity contribution in [1.29, 1.82) is 0 Å². The first-order valence-electron chi connectivity index (χ1n) is 9.55. The van der Waals surface area contributed by atoms with Gasteiger partial charge in [0.25, 0.3) is 5.91 Å². The number of hydrogen-bond acceptors (Lipinski definition) is 3. The molecule has 0 atom stereocenters. The summed E-state index contributed by atoms with van der Waals surface area (Å²) in [6, 6.07) is 14.0. The maximum atomic E-state index is 13.3. The fourth-order valence-electron chi connectivity index (χ4n) is 3.97. The quantitative estimate of drug-likeness (QED) is 0.817. The number of carbonyl (C=O) groups excluding carboxylic acids is 2. The summed E-state index contributed by atoms with van der Waals surface area (Å²) in [4.78, 5) is 33.1. The van der Waals surface area contributed by atoms with Crippen molar-refractivity contribution in [3.8, 4) is 0 Å². The molecule has 2 fully saturated rings. The molecule has 1 spiro atoms. The van der Waals surface area contributed by atoms with Gasteiger partial charge >= 0.3 is 0 Å². The third-order valence-electron chi connectivity index (χ3n) is 5.61. The minimum absolute atomic E-state index is 0.0157. The second-order valence-electron chi connectivity index (χ2n) is 7.62. The molecular weight excluding hydrogens is 359 g/mol. The molecule has 5 nitrogen and oxygen atoms in total. The average Bonchev–Trinajstić information content (AvgIpc) is 2.97. The van der Waals surface area contributed by atoms with Crippen LogP contribution in [0.25, 0.3) is 0 Å². The van der Waals surface area contributed by atoms with Gasteiger partial charge in [-0.3, -0.25) is 14.4 Å². The van der Waals surface area contributed by atoms with Crippen LogP contribution in [0.4, 0.5) is 4.39 Å². The van der Waals surface area contributed by atoms with Gasteiger partial charge in [-0.05, 0) is 49.1 Å². The van der Waals surface area contributed by atoms with E-state index in [0.29, 0.717) is 50.0 Å². The van der Waals surface area contributed by atoms with E-state index in [4.69, 9.17) is 4.84 Å². The van der Waals surface area contributed by atoms with Gasteiger partial charge in [-0.1, -0.05) is 30.3 Å². The third-order valence-corrected chi connectivity index (χ3v) is 5.61. The number of amides is 2. The standard InChI is InChI=1S/C22H23FN2O3/c1-16-13-18(23)7-8-19(16)21(27)24-11-9-22(10-12-24)14-20(26)25(28-22)15-17-5-3-2-4-6-17/h2-8,13H,9-12,14-15H2,1H3. The summed E-state index contributed by atoms with van der Waals surface area (Å²) in [5, 5.41) is 1.46. The largest absolute Gasteiger partial charge is 0.338 e. The maximum absolute atomic E-state index is 13.3. The molecule has 6 heteroatoms. The minimum Gasteiger partial charge on any atom is -0.338 e. The summed E-state index contributed by atoms with van der Waals surface area (Å²) in [5.74, 6) is -0.459. The highest BCUT2D eigenvalue weighted by atomic mass is 19.1. The molecule has 0 aliphatic carbocycles. The number of carbonyl (C=O) groups is 2. The summed E-state index contributed by atoms with van der Waals surface area (Å²) >= 11 is 0. The van der Waals surface area contributed by atoms with Crippen LogP contribution in [-0.4, -0.2) is 40.5 Å². The Balaban J connectivity index is 1.39. The molecule has 2 aromatic carbocycles. The van der Waals surface area contributed by atoms with Gasteiger partial charge in [-0.25, -0.2) is 9.45 Å². The predicted molar refractivity (Wildman–Crippen MR) is 102 cm³/mol. The van der Waals surface area contributed by atoms with Crippen molar-refractivity contribution in [3.63, 3.8) is 0 Å². The molecule has 0 N–H and O–H groups in total. The number of rotatable bonds is 3. The van der Waals surface area contributed by atoms with Crippen LogP contribution in [-0.2, 0) is 16.2 Å². The molecule has 2 aliphatic rings. The number of aryl methyl sites for hydroxylation is 1. The Labute approximate surface area is 163 Å². The van der Waals surface area contributed by atoms with E-state index in [-0.39, 0.29) is 17.6 Å². The van der Waals surface area contributed by atoms with E-state index in [1.54, 1.807) is 11.8 Å². The van der Waals surface area contributed by atoms with Crippen LogP contribution >= 0.6 is 0 Å². The van der Waals surface area contributed by atoms with Gasteiger partial charge in [-0.2, -0.15) is 0 Å². The Morgan fingerprint density at radius 2 is 1.86 bits per heavy atom. The van der Waals surface area contributed by atoms with Crippen LogP contribution < -0.4 is 0 Å². The molecule has 0 bridgehead atoms. The third kappa shape index (κ3) is 3.64. The maximum Gasteiger partial charge on any atom is 0.254 e. The molecule has 2 aliphatic heterocycles. The number of benzene rings is 2. The first kappa shape index (κ1) is 18.6. The number of likely N-dealkylation sites (tertiary alicyclic amines) is 1. The van der Waals surface area contributed by atoms with E-state index < -0.39 is 5.60 Å². The molecule has 2 saturated heterocycles. The van der Waals surface area contributed by atoms with Crippen molar-refractivity contribution >= 4 is 11.8 Å². The van der Waals surface area contributed by atoms with Crippen LogP contribution in [0.1, 0.15) is 40.7 Å². The normalized spacial score (nSPS) is 18.7. The van der Waals surface area contributed by atoms with Crippen molar-refractivity contribution in [2.24, 2.45) is 0 Å². The second kappa shape index (κ2) is 7.36. The number of halogens is 1. The lowest BCUT2D eigenvalue weighted by Gasteiger charge is -2.38. The van der Waals surface area contributed by atoms with Crippen LogP contribution in [0.3, 0.4) is 0 Å².